The van der Waals surface area contributed by atoms with E-state index in [1.165, 1.54) is 0 Å². The number of hydrogen-bond donors (Lipinski definition) is 0. The zero-order chi connectivity index (χ0) is 16.5. The first-order chi connectivity index (χ1) is 11.7. The van der Waals surface area contributed by atoms with Crippen molar-refractivity contribution < 1.29 is 0 Å². The van der Waals surface area contributed by atoms with Gasteiger partial charge in [-0.15, -0.1) is 0 Å². The predicted octanol–water partition coefficient (Wildman–Crippen LogP) is 2.32. The maximum atomic E-state index is 4.66. The maximum Gasteiger partial charge on any atom is 0.159 e. The summed E-state index contributed by atoms with van der Waals surface area (Å²) in [5.74, 6) is 1.78. The molecular weight excluding hydrogens is 302 g/mol. The van der Waals surface area contributed by atoms with Crippen LogP contribution in [0.5, 0.6) is 0 Å². The summed E-state index contributed by atoms with van der Waals surface area (Å²) < 4.78 is 1.94. The van der Waals surface area contributed by atoms with E-state index in [2.05, 4.69) is 29.8 Å². The van der Waals surface area contributed by atoms with Crippen molar-refractivity contribution in [1.82, 2.24) is 29.5 Å². The zero-order valence-electron chi connectivity index (χ0n) is 13.8. The molecule has 122 valence electrons. The highest BCUT2D eigenvalue weighted by Gasteiger charge is 2.28. The minimum atomic E-state index is 0.210. The van der Waals surface area contributed by atoms with E-state index in [1.807, 2.05) is 37.0 Å². The summed E-state index contributed by atoms with van der Waals surface area (Å²) in [6.07, 6.45) is 11.1. The van der Waals surface area contributed by atoms with Crippen molar-refractivity contribution in [3.63, 3.8) is 0 Å². The molecule has 24 heavy (non-hydrogen) atoms. The Hall–Kier alpha value is -2.83. The molecule has 1 saturated heterocycles. The molecule has 1 aliphatic rings. The second kappa shape index (κ2) is 5.99. The average molecular weight is 321 g/mol. The fourth-order valence-corrected chi connectivity index (χ4v) is 3.18. The largest absolute Gasteiger partial charge is 0.348 e. The quantitative estimate of drug-likeness (QED) is 0.737. The van der Waals surface area contributed by atoms with Crippen molar-refractivity contribution in [3.05, 3.63) is 48.6 Å². The fraction of sp³-hybridized carbons (Fsp3) is 0.353. The van der Waals surface area contributed by atoms with Crippen LogP contribution in [0.2, 0.25) is 0 Å². The third kappa shape index (κ3) is 2.62. The lowest BCUT2D eigenvalue weighted by atomic mass is 10.1. The molecule has 0 spiro atoms. The van der Waals surface area contributed by atoms with Crippen LogP contribution in [-0.2, 0) is 7.05 Å². The van der Waals surface area contributed by atoms with Crippen LogP contribution >= 0.6 is 0 Å². The van der Waals surface area contributed by atoms with E-state index >= 15 is 0 Å². The third-order valence-electron chi connectivity index (χ3n) is 4.40. The first kappa shape index (κ1) is 14.7. The Labute approximate surface area is 140 Å². The minimum absolute atomic E-state index is 0.210. The van der Waals surface area contributed by atoms with Crippen molar-refractivity contribution in [3.8, 4) is 11.5 Å². The Balaban J connectivity index is 1.62. The van der Waals surface area contributed by atoms with Gasteiger partial charge in [0.15, 0.2) is 5.82 Å². The SMILES string of the molecule is Cc1cc(N2CCC[C@@H]2c2cnc(-c3nccn3C)cn2)ncn1. The monoisotopic (exact) mass is 321 g/mol. The van der Waals surface area contributed by atoms with Gasteiger partial charge in [0, 0.05) is 37.7 Å². The van der Waals surface area contributed by atoms with E-state index in [0.29, 0.717) is 0 Å². The standard InChI is InChI=1S/C17H19N7/c1-12-8-16(22-11-21-12)24-6-3-4-15(24)13-9-20-14(10-19-13)17-18-5-7-23(17)2/h5,7-11,15H,3-4,6H2,1-2H3/t15-/m1/s1. The summed E-state index contributed by atoms with van der Waals surface area (Å²) in [7, 11) is 1.95. The molecule has 0 amide bonds. The van der Waals surface area contributed by atoms with Crippen LogP contribution < -0.4 is 4.90 Å². The van der Waals surface area contributed by atoms with Crippen molar-refractivity contribution >= 4 is 5.82 Å². The van der Waals surface area contributed by atoms with Crippen LogP contribution in [0.1, 0.15) is 30.3 Å². The molecular formula is C17H19N7. The average Bonchev–Trinajstić information content (AvgIpc) is 3.24. The van der Waals surface area contributed by atoms with E-state index in [1.54, 1.807) is 18.7 Å². The first-order valence-electron chi connectivity index (χ1n) is 8.07. The van der Waals surface area contributed by atoms with Crippen molar-refractivity contribution in [2.24, 2.45) is 7.05 Å². The summed E-state index contributed by atoms with van der Waals surface area (Å²) in [6.45, 7) is 2.96. The van der Waals surface area contributed by atoms with Gasteiger partial charge in [0.05, 0.1) is 24.1 Å². The summed E-state index contributed by atoms with van der Waals surface area (Å²) in [5.41, 5.74) is 2.73. The molecule has 3 aromatic heterocycles. The number of imidazole rings is 1. The molecule has 0 aliphatic carbocycles. The Kier molecular flexibility index (Phi) is 3.68. The van der Waals surface area contributed by atoms with Gasteiger partial charge in [0.2, 0.25) is 0 Å². The Morgan fingerprint density at radius 1 is 1.08 bits per heavy atom. The topological polar surface area (TPSA) is 72.6 Å². The number of anilines is 1. The molecule has 0 bridgehead atoms. The van der Waals surface area contributed by atoms with Crippen LogP contribution in [0.25, 0.3) is 11.5 Å². The molecule has 0 radical (unpaired) electrons. The van der Waals surface area contributed by atoms with Gasteiger partial charge < -0.3 is 9.47 Å². The van der Waals surface area contributed by atoms with E-state index in [0.717, 1.165) is 48.1 Å². The second-order valence-corrected chi connectivity index (χ2v) is 6.06. The van der Waals surface area contributed by atoms with Gasteiger partial charge in [0.25, 0.3) is 0 Å². The Morgan fingerprint density at radius 2 is 2.00 bits per heavy atom. The summed E-state index contributed by atoms with van der Waals surface area (Å²) in [4.78, 5) is 24.4. The van der Waals surface area contributed by atoms with Crippen LogP contribution in [0.4, 0.5) is 5.82 Å². The third-order valence-corrected chi connectivity index (χ3v) is 4.40. The van der Waals surface area contributed by atoms with Gasteiger partial charge in [-0.3, -0.25) is 4.98 Å². The predicted molar refractivity (Wildman–Crippen MR) is 90.3 cm³/mol. The molecule has 0 saturated carbocycles. The lowest BCUT2D eigenvalue weighted by Gasteiger charge is -2.25. The summed E-state index contributed by atoms with van der Waals surface area (Å²) in [5, 5.41) is 0. The molecule has 3 aromatic rings. The molecule has 7 heteroatoms. The minimum Gasteiger partial charge on any atom is -0.348 e. The number of nitrogens with zero attached hydrogens (tertiary/aromatic N) is 7. The van der Waals surface area contributed by atoms with Gasteiger partial charge >= 0.3 is 0 Å². The highest BCUT2D eigenvalue weighted by Crippen LogP contribution is 2.34. The van der Waals surface area contributed by atoms with E-state index in [-0.39, 0.29) is 6.04 Å². The number of aromatic nitrogens is 6. The smallest absolute Gasteiger partial charge is 0.159 e. The maximum absolute atomic E-state index is 4.66. The highest BCUT2D eigenvalue weighted by molar-refractivity contribution is 5.48. The summed E-state index contributed by atoms with van der Waals surface area (Å²) in [6, 6.07) is 2.23. The van der Waals surface area contributed by atoms with Gasteiger partial charge in [-0.05, 0) is 19.8 Å². The number of hydrogen-bond acceptors (Lipinski definition) is 6. The molecule has 0 N–H and O–H groups in total. The molecule has 1 fully saturated rings. The zero-order valence-corrected chi connectivity index (χ0v) is 13.8. The van der Waals surface area contributed by atoms with Gasteiger partial charge in [-0.2, -0.15) is 0 Å². The van der Waals surface area contributed by atoms with E-state index in [9.17, 15) is 0 Å². The molecule has 7 nitrogen and oxygen atoms in total. The van der Waals surface area contributed by atoms with E-state index in [4.69, 9.17) is 0 Å². The normalized spacial score (nSPS) is 17.4. The van der Waals surface area contributed by atoms with Crippen molar-refractivity contribution in [2.45, 2.75) is 25.8 Å². The van der Waals surface area contributed by atoms with Gasteiger partial charge in [-0.1, -0.05) is 0 Å². The number of aryl methyl sites for hydroxylation is 2. The molecule has 0 aromatic carbocycles. The lowest BCUT2D eigenvalue weighted by Crippen LogP contribution is -2.24. The molecule has 1 aliphatic heterocycles. The first-order valence-corrected chi connectivity index (χ1v) is 8.07. The molecule has 4 rings (SSSR count). The molecule has 4 heterocycles. The van der Waals surface area contributed by atoms with Crippen LogP contribution in [0.3, 0.4) is 0 Å². The van der Waals surface area contributed by atoms with Crippen LogP contribution in [0, 0.1) is 6.92 Å². The van der Waals surface area contributed by atoms with Gasteiger partial charge in [-0.25, -0.2) is 19.9 Å². The molecule has 1 atom stereocenters. The van der Waals surface area contributed by atoms with Crippen LogP contribution in [0.15, 0.2) is 37.2 Å². The Morgan fingerprint density at radius 3 is 2.71 bits per heavy atom. The van der Waals surface area contributed by atoms with E-state index < -0.39 is 0 Å². The van der Waals surface area contributed by atoms with Gasteiger partial charge in [0.1, 0.15) is 17.8 Å². The van der Waals surface area contributed by atoms with Crippen molar-refractivity contribution in [2.75, 3.05) is 11.4 Å². The second-order valence-electron chi connectivity index (χ2n) is 6.06. The molecule has 0 unspecified atom stereocenters. The van der Waals surface area contributed by atoms with Crippen LogP contribution in [-0.4, -0.2) is 36.0 Å². The Bertz CT molecular complexity index is 840. The fourth-order valence-electron chi connectivity index (χ4n) is 3.18. The highest BCUT2D eigenvalue weighted by atomic mass is 15.2. The summed E-state index contributed by atoms with van der Waals surface area (Å²) >= 11 is 0. The lowest BCUT2D eigenvalue weighted by molar-refractivity contribution is 0.681. The number of rotatable bonds is 3. The van der Waals surface area contributed by atoms with Crippen molar-refractivity contribution in [1.29, 1.82) is 0 Å².